The van der Waals surface area contributed by atoms with E-state index in [2.05, 4.69) is 4.98 Å². The third-order valence-corrected chi connectivity index (χ3v) is 1.90. The Balaban J connectivity index is 2.69. The summed E-state index contributed by atoms with van der Waals surface area (Å²) in [5.41, 5.74) is 0.0831. The molecule has 0 bridgehead atoms. The largest absolute Gasteiger partial charge is 0.479 e. The Hall–Kier alpha value is -1.46. The first-order chi connectivity index (χ1) is 7.00. The summed E-state index contributed by atoms with van der Waals surface area (Å²) >= 11 is 5.56. The molecule has 1 aromatic heterocycles. The van der Waals surface area contributed by atoms with Crippen LogP contribution < -0.4 is 0 Å². The minimum absolute atomic E-state index is 0.0831. The summed E-state index contributed by atoms with van der Waals surface area (Å²) < 4.78 is 0. The van der Waals surface area contributed by atoms with E-state index in [-0.39, 0.29) is 5.69 Å². The highest BCUT2D eigenvalue weighted by molar-refractivity contribution is 6.30. The topological polar surface area (TPSA) is 87.5 Å². The first-order valence-corrected chi connectivity index (χ1v) is 4.44. The number of pyridine rings is 1. The van der Waals surface area contributed by atoms with Crippen LogP contribution in [0, 0.1) is 0 Å². The third-order valence-electron chi connectivity index (χ3n) is 1.68. The second-order valence-corrected chi connectivity index (χ2v) is 3.28. The molecule has 0 aliphatic carbocycles. The fraction of sp³-hybridized carbons (Fsp3) is 0.222. The summed E-state index contributed by atoms with van der Waals surface area (Å²) in [4.78, 5) is 25.3. The lowest BCUT2D eigenvalue weighted by Crippen LogP contribution is -2.23. The highest BCUT2D eigenvalue weighted by atomic mass is 35.5. The van der Waals surface area contributed by atoms with Crippen LogP contribution in [-0.2, 0) is 4.79 Å². The highest BCUT2D eigenvalue weighted by Crippen LogP contribution is 2.08. The summed E-state index contributed by atoms with van der Waals surface area (Å²) in [6.07, 6.45) is -0.915. The first kappa shape index (κ1) is 11.6. The molecule has 1 rings (SSSR count). The molecule has 80 valence electrons. The zero-order valence-corrected chi connectivity index (χ0v) is 8.31. The number of nitrogens with zero attached hydrogens (tertiary/aromatic N) is 1. The molecule has 0 amide bonds. The molecule has 1 heterocycles. The van der Waals surface area contributed by atoms with Crippen molar-refractivity contribution in [3.05, 3.63) is 29.0 Å². The second-order valence-electron chi connectivity index (χ2n) is 2.84. The number of halogens is 1. The van der Waals surface area contributed by atoms with Crippen molar-refractivity contribution in [2.75, 3.05) is 0 Å². The Kier molecular flexibility index (Phi) is 3.76. The summed E-state index contributed by atoms with van der Waals surface area (Å²) in [6.45, 7) is 0. The van der Waals surface area contributed by atoms with E-state index in [4.69, 9.17) is 21.8 Å². The number of carboxylic acid groups (broad SMARTS) is 1. The van der Waals surface area contributed by atoms with Crippen LogP contribution in [0.3, 0.4) is 0 Å². The van der Waals surface area contributed by atoms with Crippen LogP contribution in [0.25, 0.3) is 0 Å². The van der Waals surface area contributed by atoms with Crippen LogP contribution in [0.15, 0.2) is 18.3 Å². The summed E-state index contributed by atoms with van der Waals surface area (Å²) in [5, 5.41) is 17.7. The zero-order chi connectivity index (χ0) is 11.4. The molecule has 0 aliphatic rings. The molecule has 0 saturated carbocycles. The summed E-state index contributed by atoms with van der Waals surface area (Å²) in [6, 6.07) is 2.84. The third kappa shape index (κ3) is 3.30. The lowest BCUT2D eigenvalue weighted by atomic mass is 10.1. The van der Waals surface area contributed by atoms with Crippen LogP contribution in [0.1, 0.15) is 16.9 Å². The average Bonchev–Trinajstić information content (AvgIpc) is 2.18. The number of hydrogen-bond donors (Lipinski definition) is 2. The van der Waals surface area contributed by atoms with E-state index in [1.165, 1.54) is 18.3 Å². The van der Waals surface area contributed by atoms with Crippen LogP contribution in [-0.4, -0.2) is 33.1 Å². The van der Waals surface area contributed by atoms with Gasteiger partial charge in [0.25, 0.3) is 0 Å². The van der Waals surface area contributed by atoms with E-state index in [9.17, 15) is 9.59 Å². The van der Waals surface area contributed by atoms with Gasteiger partial charge < -0.3 is 10.2 Å². The van der Waals surface area contributed by atoms with E-state index in [1.54, 1.807) is 0 Å². The van der Waals surface area contributed by atoms with Gasteiger partial charge in [0.15, 0.2) is 11.9 Å². The number of aliphatic carboxylic acids is 1. The monoisotopic (exact) mass is 229 g/mol. The number of carbonyl (C=O) groups excluding carboxylic acids is 1. The number of aromatic nitrogens is 1. The normalized spacial score (nSPS) is 12.1. The quantitative estimate of drug-likeness (QED) is 0.744. The van der Waals surface area contributed by atoms with E-state index in [0.29, 0.717) is 5.02 Å². The summed E-state index contributed by atoms with van der Waals surface area (Å²) in [7, 11) is 0. The second kappa shape index (κ2) is 4.86. The minimum atomic E-state index is -1.70. The number of hydrogen-bond acceptors (Lipinski definition) is 4. The maximum Gasteiger partial charge on any atom is 0.332 e. The standard InChI is InChI=1S/C9H8ClNO4/c10-5-1-2-6(11-4-5)7(12)3-8(13)9(14)15/h1-2,4,8,13H,3H2,(H,14,15). The molecule has 0 radical (unpaired) electrons. The predicted octanol–water partition coefficient (Wildman–Crippen LogP) is 0.753. The molecule has 0 fully saturated rings. The van der Waals surface area contributed by atoms with E-state index in [0.717, 1.165) is 0 Å². The van der Waals surface area contributed by atoms with Gasteiger partial charge in [-0.25, -0.2) is 4.79 Å². The minimum Gasteiger partial charge on any atom is -0.479 e. The lowest BCUT2D eigenvalue weighted by Gasteiger charge is -2.03. The average molecular weight is 230 g/mol. The van der Waals surface area contributed by atoms with Gasteiger partial charge in [-0.05, 0) is 12.1 Å². The van der Waals surface area contributed by atoms with Crippen molar-refractivity contribution < 1.29 is 19.8 Å². The van der Waals surface area contributed by atoms with Gasteiger partial charge in [-0.15, -0.1) is 0 Å². The number of aliphatic hydroxyl groups excluding tert-OH is 1. The number of carboxylic acids is 1. The molecule has 0 saturated heterocycles. The molecule has 0 aliphatic heterocycles. The van der Waals surface area contributed by atoms with Crippen molar-refractivity contribution in [3.8, 4) is 0 Å². The number of Topliss-reactive ketones (excluding diaryl/α,β-unsaturated/α-hetero) is 1. The molecule has 15 heavy (non-hydrogen) atoms. The van der Waals surface area contributed by atoms with Crippen LogP contribution in [0.2, 0.25) is 5.02 Å². The molecule has 1 unspecified atom stereocenters. The fourth-order valence-electron chi connectivity index (χ4n) is 0.908. The van der Waals surface area contributed by atoms with Crippen molar-refractivity contribution >= 4 is 23.4 Å². The SMILES string of the molecule is O=C(CC(O)C(=O)O)c1ccc(Cl)cn1. The molecule has 0 spiro atoms. The van der Waals surface area contributed by atoms with Gasteiger partial charge in [0.05, 0.1) is 5.02 Å². The molecular weight excluding hydrogens is 222 g/mol. The fourth-order valence-corrected chi connectivity index (χ4v) is 1.02. The molecule has 6 heteroatoms. The number of ketones is 1. The van der Waals surface area contributed by atoms with Crippen LogP contribution >= 0.6 is 11.6 Å². The Morgan fingerprint density at radius 3 is 2.60 bits per heavy atom. The number of aliphatic hydroxyl groups is 1. The molecule has 1 atom stereocenters. The van der Waals surface area contributed by atoms with Gasteiger partial charge in [-0.2, -0.15) is 0 Å². The van der Waals surface area contributed by atoms with Crippen LogP contribution in [0.4, 0.5) is 0 Å². The molecular formula is C9H8ClNO4. The zero-order valence-electron chi connectivity index (χ0n) is 7.55. The predicted molar refractivity (Wildman–Crippen MR) is 51.8 cm³/mol. The van der Waals surface area contributed by atoms with Crippen molar-refractivity contribution in [1.82, 2.24) is 4.98 Å². The van der Waals surface area contributed by atoms with Gasteiger partial charge in [-0.1, -0.05) is 11.6 Å². The van der Waals surface area contributed by atoms with Crippen LogP contribution in [0.5, 0.6) is 0 Å². The van der Waals surface area contributed by atoms with Gasteiger partial charge in [0.2, 0.25) is 0 Å². The Bertz CT molecular complexity index is 376. The molecule has 1 aromatic rings. The summed E-state index contributed by atoms with van der Waals surface area (Å²) in [5.74, 6) is -1.97. The Morgan fingerprint density at radius 1 is 1.47 bits per heavy atom. The maximum atomic E-state index is 11.3. The first-order valence-electron chi connectivity index (χ1n) is 4.06. The maximum absolute atomic E-state index is 11.3. The number of rotatable bonds is 4. The Morgan fingerprint density at radius 2 is 2.13 bits per heavy atom. The van der Waals surface area contributed by atoms with Gasteiger partial charge in [0, 0.05) is 12.6 Å². The van der Waals surface area contributed by atoms with E-state index in [1.807, 2.05) is 0 Å². The van der Waals surface area contributed by atoms with Gasteiger partial charge >= 0.3 is 5.97 Å². The van der Waals surface area contributed by atoms with Crippen molar-refractivity contribution in [1.29, 1.82) is 0 Å². The van der Waals surface area contributed by atoms with Gasteiger partial charge in [0.1, 0.15) is 5.69 Å². The van der Waals surface area contributed by atoms with Crippen molar-refractivity contribution in [2.24, 2.45) is 0 Å². The van der Waals surface area contributed by atoms with Crippen molar-refractivity contribution in [3.63, 3.8) is 0 Å². The Labute approximate surface area is 90.3 Å². The molecule has 5 nitrogen and oxygen atoms in total. The van der Waals surface area contributed by atoms with E-state index >= 15 is 0 Å². The lowest BCUT2D eigenvalue weighted by molar-refractivity contribution is -0.146. The van der Waals surface area contributed by atoms with Gasteiger partial charge in [-0.3, -0.25) is 9.78 Å². The molecule has 0 aromatic carbocycles. The number of carbonyl (C=O) groups is 2. The van der Waals surface area contributed by atoms with E-state index < -0.39 is 24.3 Å². The smallest absolute Gasteiger partial charge is 0.332 e. The van der Waals surface area contributed by atoms with Crippen molar-refractivity contribution in [2.45, 2.75) is 12.5 Å². The highest BCUT2D eigenvalue weighted by Gasteiger charge is 2.19. The molecule has 2 N–H and O–H groups in total.